The quantitative estimate of drug-likeness (QED) is 0.174. The molecule has 2 aromatic heterocycles. The first-order chi connectivity index (χ1) is 35.7. The Hall–Kier alpha value is -6.88. The van der Waals surface area contributed by atoms with Crippen molar-refractivity contribution in [2.75, 3.05) is 5.32 Å². The predicted molar refractivity (Wildman–Crippen MR) is 327 cm³/mol. The molecule has 1 radical (unpaired) electrons. The first-order valence-electron chi connectivity index (χ1n) is 27.4. The number of nitrogens with one attached hydrogen (secondary N) is 1. The molecule has 4 heteroatoms. The van der Waals surface area contributed by atoms with Crippen LogP contribution in [0.5, 0.6) is 0 Å². The Balaban J connectivity index is 1.13. The van der Waals surface area contributed by atoms with Gasteiger partial charge in [0.25, 0.3) is 0 Å². The van der Waals surface area contributed by atoms with Crippen molar-refractivity contribution < 1.29 is 0 Å². The van der Waals surface area contributed by atoms with Crippen LogP contribution in [0.25, 0.3) is 91.8 Å². The van der Waals surface area contributed by atoms with E-state index < -0.39 is 0 Å². The molecule has 0 bridgehead atoms. The van der Waals surface area contributed by atoms with Gasteiger partial charge in [0.15, 0.2) is 7.28 Å². The van der Waals surface area contributed by atoms with Gasteiger partial charge in [-0.25, -0.2) is 0 Å². The number of benzene rings is 9. The highest BCUT2D eigenvalue weighted by molar-refractivity contribution is 7.25. The van der Waals surface area contributed by atoms with Crippen molar-refractivity contribution in [3.8, 4) is 39.1 Å². The minimum absolute atomic E-state index is 0.0193. The number of fused-ring (bicyclic) bond motifs is 14. The normalized spacial score (nSPS) is 16.1. The molecule has 2 aliphatic carbocycles. The average molecular weight is 990 g/mol. The number of hydrogen-bond acceptors (Lipinski definition) is 2. The maximum Gasteiger partial charge on any atom is 0.197 e. The lowest BCUT2D eigenvalue weighted by molar-refractivity contribution is 0.332. The molecule has 75 heavy (non-hydrogen) atoms. The lowest BCUT2D eigenvalue weighted by atomic mass is 9.58. The minimum Gasteiger partial charge on any atom is -0.355 e. The molecule has 1 aliphatic heterocycles. The van der Waals surface area contributed by atoms with Crippen molar-refractivity contribution in [1.29, 1.82) is 0 Å². The molecule has 11 aromatic rings. The van der Waals surface area contributed by atoms with Crippen LogP contribution in [0.3, 0.4) is 0 Å². The van der Waals surface area contributed by atoms with E-state index in [1.165, 1.54) is 149 Å². The van der Waals surface area contributed by atoms with Crippen LogP contribution in [0.1, 0.15) is 129 Å². The van der Waals surface area contributed by atoms with Gasteiger partial charge in [0, 0.05) is 64.5 Å². The van der Waals surface area contributed by atoms with Gasteiger partial charge in [-0.2, -0.15) is 0 Å². The number of rotatable bonds is 4. The number of hydrogen-bond donors (Lipinski definition) is 1. The second kappa shape index (κ2) is 15.6. The van der Waals surface area contributed by atoms with Gasteiger partial charge in [0.05, 0.1) is 5.52 Å². The van der Waals surface area contributed by atoms with Crippen LogP contribution in [-0.4, -0.2) is 11.8 Å². The van der Waals surface area contributed by atoms with Crippen LogP contribution in [0.2, 0.25) is 0 Å². The molecule has 2 nitrogen and oxygen atoms in total. The fourth-order valence-corrected chi connectivity index (χ4v) is 14.8. The van der Waals surface area contributed by atoms with Gasteiger partial charge >= 0.3 is 0 Å². The van der Waals surface area contributed by atoms with Gasteiger partial charge in [-0.3, -0.25) is 0 Å². The van der Waals surface area contributed by atoms with E-state index in [2.05, 4.69) is 252 Å². The molecule has 1 N–H and O–H groups in total. The highest BCUT2D eigenvalue weighted by Crippen LogP contribution is 2.54. The zero-order chi connectivity index (χ0) is 51.9. The third-order valence-electron chi connectivity index (χ3n) is 18.2. The molecule has 9 aromatic carbocycles. The zero-order valence-electron chi connectivity index (χ0n) is 45.8. The molecule has 0 saturated carbocycles. The molecule has 0 unspecified atom stereocenters. The first-order valence-corrected chi connectivity index (χ1v) is 28.2. The summed E-state index contributed by atoms with van der Waals surface area (Å²) in [6, 6.07) is 59.4. The highest BCUT2D eigenvalue weighted by Gasteiger charge is 2.39. The van der Waals surface area contributed by atoms with Crippen LogP contribution >= 0.6 is 11.3 Å². The van der Waals surface area contributed by atoms with Crippen molar-refractivity contribution in [3.05, 3.63) is 185 Å². The topological polar surface area (TPSA) is 17.0 Å². The molecule has 14 rings (SSSR count). The maximum absolute atomic E-state index is 4.10. The Morgan fingerprint density at radius 2 is 1.17 bits per heavy atom. The Kier molecular flexibility index (Phi) is 9.71. The van der Waals surface area contributed by atoms with E-state index in [-0.39, 0.29) is 27.1 Å². The summed E-state index contributed by atoms with van der Waals surface area (Å²) in [5.74, 6) is 0. The summed E-state index contributed by atoms with van der Waals surface area (Å²) in [4.78, 5) is 0. The lowest BCUT2D eigenvalue weighted by Crippen LogP contribution is -2.38. The number of nitrogens with zero attached hydrogens (tertiary/aromatic N) is 1. The molecular formula is C71H66BN2S. The van der Waals surface area contributed by atoms with Crippen LogP contribution in [0.4, 0.5) is 11.4 Å². The monoisotopic (exact) mass is 990 g/mol. The van der Waals surface area contributed by atoms with Gasteiger partial charge in [-0.15, -0.1) is 11.3 Å². The van der Waals surface area contributed by atoms with Crippen LogP contribution in [0.15, 0.2) is 152 Å². The standard InChI is InChI=1S/C71H66BN2S/c1-67(2,3)42-23-26-44(27-24-42)73-58-39-62-50(51-37-55-56(38-61(51)75-62)70(9,10)32-31-69(55,7)8)36-49(58)52-35-47(41-21-28-54-48(33-41)46-19-15-16-20-53(46)71(54,11)12)64-63-45-18-14-13-17-40(45)22-29-60(63)74-59-30-25-43(68(4,5)6)34-57(59)72-65(52)66(64)74/h13-30,33-39,73H,31-32H2,1-12H3. The molecule has 369 valence electrons. The van der Waals surface area contributed by atoms with Crippen LogP contribution < -0.4 is 16.2 Å². The van der Waals surface area contributed by atoms with Crippen molar-refractivity contribution in [2.45, 2.75) is 123 Å². The fourth-order valence-electron chi connectivity index (χ4n) is 13.6. The highest BCUT2D eigenvalue weighted by atomic mass is 32.1. The van der Waals surface area contributed by atoms with Gasteiger partial charge in [-0.1, -0.05) is 180 Å². The maximum atomic E-state index is 4.10. The summed E-state index contributed by atoms with van der Waals surface area (Å²) < 4.78 is 5.30. The summed E-state index contributed by atoms with van der Waals surface area (Å²) in [5, 5.41) is 11.9. The minimum atomic E-state index is -0.0962. The zero-order valence-corrected chi connectivity index (χ0v) is 46.6. The van der Waals surface area contributed by atoms with Crippen molar-refractivity contribution in [3.63, 3.8) is 0 Å². The molecule has 3 aliphatic rings. The number of aromatic nitrogens is 1. The van der Waals surface area contributed by atoms with Crippen molar-refractivity contribution in [2.24, 2.45) is 0 Å². The second-order valence-corrected chi connectivity index (χ2v) is 27.4. The van der Waals surface area contributed by atoms with Gasteiger partial charge in [0.1, 0.15) is 0 Å². The van der Waals surface area contributed by atoms with E-state index >= 15 is 0 Å². The van der Waals surface area contributed by atoms with E-state index in [1.54, 1.807) is 0 Å². The van der Waals surface area contributed by atoms with E-state index in [0.29, 0.717) is 0 Å². The Morgan fingerprint density at radius 3 is 1.93 bits per heavy atom. The Labute approximate surface area is 448 Å². The largest absolute Gasteiger partial charge is 0.355 e. The fraction of sp³-hybridized carbons (Fsp3) is 0.268. The molecule has 0 fully saturated rings. The van der Waals surface area contributed by atoms with Gasteiger partial charge < -0.3 is 9.88 Å². The molecule has 0 spiro atoms. The van der Waals surface area contributed by atoms with Crippen molar-refractivity contribution >= 4 is 93.7 Å². The lowest BCUT2D eigenvalue weighted by Gasteiger charge is -2.41. The summed E-state index contributed by atoms with van der Waals surface area (Å²) in [5.41, 5.74) is 24.6. The number of thiophene rings is 1. The van der Waals surface area contributed by atoms with Crippen LogP contribution in [-0.2, 0) is 27.1 Å². The first kappa shape index (κ1) is 46.6. The van der Waals surface area contributed by atoms with E-state index in [0.717, 1.165) is 11.4 Å². The van der Waals surface area contributed by atoms with Crippen molar-refractivity contribution in [1.82, 2.24) is 4.57 Å². The molecular weight excluding hydrogens is 924 g/mol. The molecule has 0 saturated heterocycles. The summed E-state index contributed by atoms with van der Waals surface area (Å²) in [7, 11) is 2.54. The molecule has 0 amide bonds. The summed E-state index contributed by atoms with van der Waals surface area (Å²) in [6.07, 6.45) is 2.38. The summed E-state index contributed by atoms with van der Waals surface area (Å²) in [6.45, 7) is 28.5. The predicted octanol–water partition coefficient (Wildman–Crippen LogP) is 18.6. The van der Waals surface area contributed by atoms with E-state index in [4.69, 9.17) is 0 Å². The third-order valence-corrected chi connectivity index (χ3v) is 19.3. The smallest absolute Gasteiger partial charge is 0.197 e. The Morgan fingerprint density at radius 1 is 0.507 bits per heavy atom. The van der Waals surface area contributed by atoms with Gasteiger partial charge in [0.2, 0.25) is 0 Å². The number of anilines is 2. The third kappa shape index (κ3) is 6.90. The second-order valence-electron chi connectivity index (χ2n) is 26.3. The van der Waals surface area contributed by atoms with Gasteiger partial charge in [-0.05, 0) is 173 Å². The molecule has 3 heterocycles. The SMILES string of the molecule is CC(C)(C)c1ccc(Nc2cc3sc4cc5c(cc4c3cc2-c2cc(-c3ccc4c(c3)-c3ccccc3C4(C)C)c3c4c6ccccc6ccc4n4c3c2[B]c2cc(C(C)(C)C)ccc2-4)C(C)(C)CCC5(C)C)cc1. The van der Waals surface area contributed by atoms with E-state index in [1.807, 2.05) is 11.3 Å². The Bertz CT molecular complexity index is 4270. The molecule has 0 atom stereocenters. The average Bonchev–Trinajstić information content (AvgIpc) is 4.05. The summed E-state index contributed by atoms with van der Waals surface area (Å²) >= 11 is 1.95. The van der Waals surface area contributed by atoms with Crippen LogP contribution in [0, 0.1) is 0 Å². The van der Waals surface area contributed by atoms with E-state index in [9.17, 15) is 0 Å².